The highest BCUT2D eigenvalue weighted by molar-refractivity contribution is 5.32. The molecule has 2 N–H and O–H groups in total. The lowest BCUT2D eigenvalue weighted by molar-refractivity contribution is 0.330. The summed E-state index contributed by atoms with van der Waals surface area (Å²) in [6.45, 7) is 6.77. The average Bonchev–Trinajstić information content (AvgIpc) is 2.20. The maximum Gasteiger partial charge on any atom is 0.220 e. The van der Waals surface area contributed by atoms with Crippen molar-refractivity contribution in [3.05, 3.63) is 11.9 Å². The number of nitrogen functional groups attached to an aromatic ring is 1. The van der Waals surface area contributed by atoms with Gasteiger partial charge in [-0.25, -0.2) is 9.97 Å². The first-order valence-corrected chi connectivity index (χ1v) is 4.94. The van der Waals surface area contributed by atoms with Crippen LogP contribution in [0.5, 0.6) is 5.75 Å². The predicted octanol–water partition coefficient (Wildman–Crippen LogP) is 1.97. The Kier molecular flexibility index (Phi) is 3.68. The van der Waals surface area contributed by atoms with Gasteiger partial charge in [0.05, 0.1) is 18.5 Å². The Hall–Kier alpha value is -1.32. The van der Waals surface area contributed by atoms with Crippen molar-refractivity contribution in [2.75, 3.05) is 12.3 Å². The smallest absolute Gasteiger partial charge is 0.220 e. The fourth-order valence-electron chi connectivity index (χ4n) is 1.21. The molecule has 1 heterocycles. The molecule has 1 atom stereocenters. The Morgan fingerprint density at radius 1 is 1.50 bits per heavy atom. The number of hydrogen-bond donors (Lipinski definition) is 1. The van der Waals surface area contributed by atoms with Gasteiger partial charge in [-0.3, -0.25) is 0 Å². The van der Waals surface area contributed by atoms with Gasteiger partial charge in [0.15, 0.2) is 5.75 Å². The van der Waals surface area contributed by atoms with E-state index in [9.17, 15) is 0 Å². The van der Waals surface area contributed by atoms with Gasteiger partial charge in [-0.05, 0) is 13.3 Å². The largest absolute Gasteiger partial charge is 0.490 e. The molecule has 1 aromatic heterocycles. The van der Waals surface area contributed by atoms with Crippen LogP contribution in [0.1, 0.15) is 38.8 Å². The number of hydrogen-bond acceptors (Lipinski definition) is 4. The van der Waals surface area contributed by atoms with E-state index in [1.807, 2.05) is 6.92 Å². The zero-order valence-corrected chi connectivity index (χ0v) is 8.95. The van der Waals surface area contributed by atoms with E-state index >= 15 is 0 Å². The topological polar surface area (TPSA) is 61.0 Å². The fraction of sp³-hybridized carbons (Fsp3) is 0.600. The van der Waals surface area contributed by atoms with E-state index in [-0.39, 0.29) is 0 Å². The number of ether oxygens (including phenoxy) is 1. The second-order valence-electron chi connectivity index (χ2n) is 3.22. The van der Waals surface area contributed by atoms with Gasteiger partial charge in [-0.2, -0.15) is 0 Å². The molecule has 0 aliphatic heterocycles. The molecule has 4 heteroatoms. The van der Waals surface area contributed by atoms with Gasteiger partial charge >= 0.3 is 0 Å². The third kappa shape index (κ3) is 2.34. The molecule has 0 radical (unpaired) electrons. The molecule has 1 unspecified atom stereocenters. The third-order valence-corrected chi connectivity index (χ3v) is 2.18. The van der Waals surface area contributed by atoms with Gasteiger partial charge in [-0.1, -0.05) is 13.8 Å². The van der Waals surface area contributed by atoms with Gasteiger partial charge in [-0.15, -0.1) is 0 Å². The van der Waals surface area contributed by atoms with Crippen molar-refractivity contribution in [3.8, 4) is 5.75 Å². The minimum absolute atomic E-state index is 0.309. The maximum atomic E-state index is 5.54. The Morgan fingerprint density at radius 3 is 2.79 bits per heavy atom. The van der Waals surface area contributed by atoms with Crippen LogP contribution in [0.25, 0.3) is 0 Å². The monoisotopic (exact) mass is 195 g/mol. The highest BCUT2D eigenvalue weighted by Crippen LogP contribution is 2.26. The van der Waals surface area contributed by atoms with Crippen LogP contribution in [0.4, 0.5) is 5.95 Å². The van der Waals surface area contributed by atoms with Crippen LogP contribution in [-0.2, 0) is 0 Å². The van der Waals surface area contributed by atoms with Gasteiger partial charge < -0.3 is 10.5 Å². The Morgan fingerprint density at radius 2 is 2.21 bits per heavy atom. The summed E-state index contributed by atoms with van der Waals surface area (Å²) in [7, 11) is 0. The molecule has 78 valence electrons. The zero-order valence-electron chi connectivity index (χ0n) is 8.95. The minimum atomic E-state index is 0.309. The molecule has 0 saturated carbocycles. The molecule has 14 heavy (non-hydrogen) atoms. The molecule has 0 fully saturated rings. The van der Waals surface area contributed by atoms with Crippen molar-refractivity contribution in [2.24, 2.45) is 0 Å². The second-order valence-corrected chi connectivity index (χ2v) is 3.22. The summed E-state index contributed by atoms with van der Waals surface area (Å²) in [5.74, 6) is 1.40. The summed E-state index contributed by atoms with van der Waals surface area (Å²) in [5.41, 5.74) is 6.44. The van der Waals surface area contributed by atoms with Crippen LogP contribution in [0.2, 0.25) is 0 Å². The van der Waals surface area contributed by atoms with Crippen LogP contribution >= 0.6 is 0 Å². The molecule has 0 saturated heterocycles. The van der Waals surface area contributed by atoms with Crippen LogP contribution in [0, 0.1) is 0 Å². The van der Waals surface area contributed by atoms with E-state index in [0.717, 1.165) is 17.9 Å². The van der Waals surface area contributed by atoms with Gasteiger partial charge in [0.25, 0.3) is 0 Å². The number of anilines is 1. The number of aromatic nitrogens is 2. The molecule has 4 nitrogen and oxygen atoms in total. The van der Waals surface area contributed by atoms with Crippen LogP contribution < -0.4 is 10.5 Å². The van der Waals surface area contributed by atoms with E-state index in [1.54, 1.807) is 6.20 Å². The summed E-state index contributed by atoms with van der Waals surface area (Å²) in [6.07, 6.45) is 2.66. The van der Waals surface area contributed by atoms with Crippen LogP contribution in [0.3, 0.4) is 0 Å². The summed E-state index contributed by atoms with van der Waals surface area (Å²) in [6, 6.07) is 0. The van der Waals surface area contributed by atoms with E-state index in [4.69, 9.17) is 10.5 Å². The molecule has 0 bridgehead atoms. The lowest BCUT2D eigenvalue weighted by atomic mass is 10.0. The standard InChI is InChI=1S/C10H17N3O/c1-4-7(3)9-8(14-5-2)6-12-10(11)13-9/h6-7H,4-5H2,1-3H3,(H2,11,12,13). The van der Waals surface area contributed by atoms with E-state index < -0.39 is 0 Å². The third-order valence-electron chi connectivity index (χ3n) is 2.18. The predicted molar refractivity (Wildman–Crippen MR) is 56.3 cm³/mol. The van der Waals surface area contributed by atoms with Crippen molar-refractivity contribution in [2.45, 2.75) is 33.1 Å². The summed E-state index contributed by atoms with van der Waals surface area (Å²) in [5, 5.41) is 0. The molecule has 0 amide bonds. The highest BCUT2D eigenvalue weighted by atomic mass is 16.5. The van der Waals surface area contributed by atoms with Gasteiger partial charge in [0.1, 0.15) is 0 Å². The average molecular weight is 195 g/mol. The number of rotatable bonds is 4. The molecule has 1 aromatic rings. The fourth-order valence-corrected chi connectivity index (χ4v) is 1.21. The first-order valence-electron chi connectivity index (χ1n) is 4.94. The Balaban J connectivity index is 3.02. The number of nitrogens with zero attached hydrogens (tertiary/aromatic N) is 2. The van der Waals surface area contributed by atoms with E-state index in [0.29, 0.717) is 18.5 Å². The van der Waals surface area contributed by atoms with Crippen molar-refractivity contribution < 1.29 is 4.74 Å². The molecule has 0 spiro atoms. The molecule has 1 rings (SSSR count). The van der Waals surface area contributed by atoms with E-state index in [2.05, 4.69) is 23.8 Å². The second kappa shape index (κ2) is 4.79. The summed E-state index contributed by atoms with van der Waals surface area (Å²) in [4.78, 5) is 8.12. The summed E-state index contributed by atoms with van der Waals surface area (Å²) >= 11 is 0. The Labute approximate surface area is 84.5 Å². The van der Waals surface area contributed by atoms with Crippen molar-refractivity contribution in [1.29, 1.82) is 0 Å². The normalized spacial score (nSPS) is 12.5. The Bertz CT molecular complexity index is 301. The molecular formula is C10H17N3O. The van der Waals surface area contributed by atoms with Crippen LogP contribution in [-0.4, -0.2) is 16.6 Å². The van der Waals surface area contributed by atoms with Crippen LogP contribution in [0.15, 0.2) is 6.20 Å². The first kappa shape index (κ1) is 10.8. The zero-order chi connectivity index (χ0) is 10.6. The quantitative estimate of drug-likeness (QED) is 0.797. The van der Waals surface area contributed by atoms with Gasteiger partial charge in [0.2, 0.25) is 5.95 Å². The molecule has 0 aliphatic rings. The van der Waals surface area contributed by atoms with Gasteiger partial charge in [0, 0.05) is 5.92 Å². The number of nitrogens with two attached hydrogens (primary N) is 1. The van der Waals surface area contributed by atoms with Crippen molar-refractivity contribution in [3.63, 3.8) is 0 Å². The van der Waals surface area contributed by atoms with Crippen molar-refractivity contribution in [1.82, 2.24) is 9.97 Å². The molecule has 0 aliphatic carbocycles. The summed E-state index contributed by atoms with van der Waals surface area (Å²) < 4.78 is 5.43. The molecular weight excluding hydrogens is 178 g/mol. The highest BCUT2D eigenvalue weighted by Gasteiger charge is 2.12. The lowest BCUT2D eigenvalue weighted by Crippen LogP contribution is -2.06. The lowest BCUT2D eigenvalue weighted by Gasteiger charge is -2.13. The van der Waals surface area contributed by atoms with Crippen molar-refractivity contribution >= 4 is 5.95 Å². The molecule has 0 aromatic carbocycles. The van der Waals surface area contributed by atoms with E-state index in [1.165, 1.54) is 0 Å². The minimum Gasteiger partial charge on any atom is -0.490 e. The maximum absolute atomic E-state index is 5.54. The first-order chi connectivity index (χ1) is 6.69. The SMILES string of the molecule is CCOc1cnc(N)nc1C(C)CC.